The van der Waals surface area contributed by atoms with Crippen molar-refractivity contribution >= 4 is 0 Å². The average Bonchev–Trinajstić information content (AvgIpc) is 2.69. The third-order valence-corrected chi connectivity index (χ3v) is 5.55. The molecule has 1 saturated carbocycles. The molecule has 25 heavy (non-hydrogen) atoms. The molecule has 0 radical (unpaired) electrons. The zero-order valence-corrected chi connectivity index (χ0v) is 14.5. The molecule has 2 aliphatic rings. The highest BCUT2D eigenvalue weighted by Crippen LogP contribution is 2.30. The molecule has 2 fully saturated rings. The predicted octanol–water partition coefficient (Wildman–Crippen LogP) is 4.37. The molecule has 1 heterocycles. The average molecular weight is 332 g/mol. The maximum atomic E-state index is 9.29. The highest BCUT2D eigenvalue weighted by Gasteiger charge is 2.33. The Labute approximate surface area is 149 Å². The number of fused-ring (bicyclic) bond motifs is 1. The number of morpholine rings is 1. The van der Waals surface area contributed by atoms with Gasteiger partial charge in [-0.05, 0) is 35.6 Å². The van der Waals surface area contributed by atoms with Crippen molar-refractivity contribution in [2.45, 2.75) is 44.4 Å². The Morgan fingerprint density at radius 1 is 1.04 bits per heavy atom. The largest absolute Gasteiger partial charge is 0.375 e. The summed E-state index contributed by atoms with van der Waals surface area (Å²) in [4.78, 5) is 2.60. The molecule has 0 amide bonds. The van der Waals surface area contributed by atoms with Crippen molar-refractivity contribution in [2.24, 2.45) is 0 Å². The van der Waals surface area contributed by atoms with E-state index in [1.165, 1.54) is 31.2 Å². The van der Waals surface area contributed by atoms with E-state index >= 15 is 0 Å². The Hall–Kier alpha value is -2.15. The smallest absolute Gasteiger partial charge is 0.0998 e. The lowest BCUT2D eigenvalue weighted by molar-refractivity contribution is -0.0911. The summed E-state index contributed by atoms with van der Waals surface area (Å²) in [5, 5.41) is 9.29. The van der Waals surface area contributed by atoms with Gasteiger partial charge in [-0.3, -0.25) is 4.90 Å². The molecule has 4 rings (SSSR count). The number of ether oxygens (including phenoxy) is 1. The van der Waals surface area contributed by atoms with Gasteiger partial charge in [0.05, 0.1) is 24.3 Å². The van der Waals surface area contributed by atoms with E-state index in [9.17, 15) is 5.26 Å². The number of rotatable bonds is 3. The number of hydrogen-bond donors (Lipinski definition) is 0. The molecule has 1 aliphatic heterocycles. The third-order valence-electron chi connectivity index (χ3n) is 5.55. The van der Waals surface area contributed by atoms with E-state index < -0.39 is 0 Å². The lowest BCUT2D eigenvalue weighted by atomic mass is 9.90. The molecule has 2 aromatic carbocycles. The fraction of sp³-hybridized carbons (Fsp3) is 0.409. The second-order valence-corrected chi connectivity index (χ2v) is 7.09. The lowest BCUT2D eigenvalue weighted by Crippen LogP contribution is -2.52. The van der Waals surface area contributed by atoms with Crippen molar-refractivity contribution < 1.29 is 4.74 Å². The summed E-state index contributed by atoms with van der Waals surface area (Å²) in [5.74, 6) is 0. The van der Waals surface area contributed by atoms with Crippen LogP contribution in [0.3, 0.4) is 0 Å². The maximum Gasteiger partial charge on any atom is 0.0998 e. The van der Waals surface area contributed by atoms with E-state index in [4.69, 9.17) is 4.74 Å². The summed E-state index contributed by atoms with van der Waals surface area (Å²) < 4.78 is 5.98. The van der Waals surface area contributed by atoms with Gasteiger partial charge in [0.25, 0.3) is 0 Å². The van der Waals surface area contributed by atoms with E-state index in [0.717, 1.165) is 36.4 Å². The van der Waals surface area contributed by atoms with Gasteiger partial charge in [0.15, 0.2) is 0 Å². The number of hydrogen-bond acceptors (Lipinski definition) is 3. The topological polar surface area (TPSA) is 36.3 Å². The fourth-order valence-electron chi connectivity index (χ4n) is 4.23. The zero-order valence-electron chi connectivity index (χ0n) is 14.5. The van der Waals surface area contributed by atoms with Crippen molar-refractivity contribution in [2.75, 3.05) is 13.2 Å². The molecular formula is C22H24N2O. The molecule has 3 heteroatoms. The molecule has 2 atom stereocenters. The second-order valence-electron chi connectivity index (χ2n) is 7.09. The summed E-state index contributed by atoms with van der Waals surface area (Å²) in [5.41, 5.74) is 4.19. The summed E-state index contributed by atoms with van der Waals surface area (Å²) in [6, 6.07) is 19.4. The van der Waals surface area contributed by atoms with E-state index in [2.05, 4.69) is 35.2 Å². The molecule has 1 saturated heterocycles. The van der Waals surface area contributed by atoms with Gasteiger partial charge in [-0.15, -0.1) is 0 Å². The highest BCUT2D eigenvalue weighted by molar-refractivity contribution is 5.70. The monoisotopic (exact) mass is 332 g/mol. The van der Waals surface area contributed by atoms with Crippen LogP contribution in [0.25, 0.3) is 11.1 Å². The molecule has 0 bridgehead atoms. The van der Waals surface area contributed by atoms with E-state index in [0.29, 0.717) is 12.1 Å². The first-order valence-corrected chi connectivity index (χ1v) is 9.29. The van der Waals surface area contributed by atoms with Crippen molar-refractivity contribution in [3.05, 3.63) is 59.7 Å². The maximum absolute atomic E-state index is 9.29. The normalized spacial score (nSPS) is 23.6. The first-order chi connectivity index (χ1) is 12.3. The van der Waals surface area contributed by atoms with Gasteiger partial charge in [-0.25, -0.2) is 0 Å². The number of nitriles is 1. The van der Waals surface area contributed by atoms with Crippen LogP contribution in [0.2, 0.25) is 0 Å². The van der Waals surface area contributed by atoms with Crippen molar-refractivity contribution in [3.63, 3.8) is 0 Å². The van der Waals surface area contributed by atoms with Crippen LogP contribution in [0.15, 0.2) is 48.5 Å². The predicted molar refractivity (Wildman–Crippen MR) is 99.0 cm³/mol. The number of benzene rings is 2. The minimum Gasteiger partial charge on any atom is -0.375 e. The Morgan fingerprint density at radius 3 is 2.68 bits per heavy atom. The van der Waals surface area contributed by atoms with Crippen LogP contribution in [0.1, 0.15) is 36.8 Å². The Morgan fingerprint density at radius 2 is 1.84 bits per heavy atom. The number of nitrogens with zero attached hydrogens (tertiary/aromatic N) is 2. The van der Waals surface area contributed by atoms with Gasteiger partial charge < -0.3 is 4.74 Å². The van der Waals surface area contributed by atoms with Crippen LogP contribution in [0, 0.1) is 11.3 Å². The van der Waals surface area contributed by atoms with Gasteiger partial charge in [-0.2, -0.15) is 5.26 Å². The van der Waals surface area contributed by atoms with Crippen LogP contribution in [-0.4, -0.2) is 30.2 Å². The van der Waals surface area contributed by atoms with Crippen molar-refractivity contribution in [1.29, 1.82) is 5.26 Å². The molecule has 2 aromatic rings. The lowest BCUT2D eigenvalue weighted by Gasteiger charge is -2.43. The molecule has 0 N–H and O–H groups in total. The summed E-state index contributed by atoms with van der Waals surface area (Å²) in [7, 11) is 0. The van der Waals surface area contributed by atoms with Crippen LogP contribution in [-0.2, 0) is 11.3 Å². The van der Waals surface area contributed by atoms with Crippen LogP contribution < -0.4 is 0 Å². The van der Waals surface area contributed by atoms with Gasteiger partial charge in [0.2, 0.25) is 0 Å². The van der Waals surface area contributed by atoms with Gasteiger partial charge in [-0.1, -0.05) is 55.3 Å². The minimum atomic E-state index is 0.435. The first-order valence-electron chi connectivity index (χ1n) is 9.29. The molecule has 3 nitrogen and oxygen atoms in total. The van der Waals surface area contributed by atoms with E-state index in [1.54, 1.807) is 0 Å². The van der Waals surface area contributed by atoms with Crippen molar-refractivity contribution in [3.8, 4) is 17.2 Å². The summed E-state index contributed by atoms with van der Waals surface area (Å²) in [6.07, 6.45) is 5.54. The highest BCUT2D eigenvalue weighted by atomic mass is 16.5. The molecule has 128 valence electrons. The van der Waals surface area contributed by atoms with E-state index in [-0.39, 0.29) is 0 Å². The van der Waals surface area contributed by atoms with Gasteiger partial charge >= 0.3 is 0 Å². The molecule has 1 aliphatic carbocycles. The fourth-order valence-corrected chi connectivity index (χ4v) is 4.23. The van der Waals surface area contributed by atoms with Gasteiger partial charge in [0.1, 0.15) is 0 Å². The standard InChI is InChI=1S/C22H24N2O/c23-15-19-5-1-2-6-20(19)18-11-9-17(10-12-18)16-24-13-14-25-22-8-4-3-7-21(22)24/h1-2,5-6,9-12,21-22H,3-4,7-8,13-14,16H2. The van der Waals surface area contributed by atoms with Crippen LogP contribution in [0.5, 0.6) is 0 Å². The minimum absolute atomic E-state index is 0.435. The SMILES string of the molecule is N#Cc1ccccc1-c1ccc(CN2CCOC3CCCCC32)cc1. The van der Waals surface area contributed by atoms with Crippen LogP contribution >= 0.6 is 0 Å². The quantitative estimate of drug-likeness (QED) is 0.837. The summed E-state index contributed by atoms with van der Waals surface area (Å²) in [6.45, 7) is 2.87. The Balaban J connectivity index is 1.50. The first kappa shape index (κ1) is 16.3. The molecule has 0 aromatic heterocycles. The van der Waals surface area contributed by atoms with Crippen molar-refractivity contribution in [1.82, 2.24) is 4.90 Å². The Bertz CT molecular complexity index is 760. The third kappa shape index (κ3) is 3.46. The zero-order chi connectivity index (χ0) is 17.1. The molecular weight excluding hydrogens is 308 g/mol. The van der Waals surface area contributed by atoms with Gasteiger partial charge in [0, 0.05) is 19.1 Å². The van der Waals surface area contributed by atoms with E-state index in [1.807, 2.05) is 24.3 Å². The molecule has 0 spiro atoms. The Kier molecular flexibility index (Phi) is 4.83. The second kappa shape index (κ2) is 7.39. The summed E-state index contributed by atoms with van der Waals surface area (Å²) >= 11 is 0. The van der Waals surface area contributed by atoms with Crippen LogP contribution in [0.4, 0.5) is 0 Å². The molecule has 2 unspecified atom stereocenters.